The summed E-state index contributed by atoms with van der Waals surface area (Å²) in [4.78, 5) is 14.6. The van der Waals surface area contributed by atoms with Crippen LogP contribution in [0.4, 0.5) is 0 Å². The maximum atomic E-state index is 12.1. The molecule has 2 unspecified atom stereocenters. The minimum absolute atomic E-state index is 0.155. The molecule has 0 bridgehead atoms. The molecular weight excluding hydrogens is 264 g/mol. The fourth-order valence-electron chi connectivity index (χ4n) is 3.33. The van der Waals surface area contributed by atoms with Gasteiger partial charge < -0.3 is 9.64 Å². The van der Waals surface area contributed by atoms with Crippen LogP contribution in [0.1, 0.15) is 59.8 Å². The molecule has 1 aliphatic heterocycles. The third kappa shape index (κ3) is 5.95. The Hall–Kier alpha value is -0.610. The number of nitrogens with one attached hydrogen (secondary N) is 1. The van der Waals surface area contributed by atoms with E-state index in [1.165, 1.54) is 32.8 Å². The van der Waals surface area contributed by atoms with Gasteiger partial charge in [-0.25, -0.2) is 0 Å². The van der Waals surface area contributed by atoms with Gasteiger partial charge in [0, 0.05) is 12.6 Å². The molecule has 1 fully saturated rings. The van der Waals surface area contributed by atoms with Crippen LogP contribution in [0.2, 0.25) is 0 Å². The van der Waals surface area contributed by atoms with Crippen molar-refractivity contribution >= 4 is 5.97 Å². The zero-order valence-electron chi connectivity index (χ0n) is 14.6. The summed E-state index contributed by atoms with van der Waals surface area (Å²) < 4.78 is 5.00. The molecule has 1 rings (SSSR count). The van der Waals surface area contributed by atoms with Crippen LogP contribution in [0.15, 0.2) is 0 Å². The molecule has 21 heavy (non-hydrogen) atoms. The Kier molecular flexibility index (Phi) is 7.67. The zero-order valence-corrected chi connectivity index (χ0v) is 14.6. The Morgan fingerprint density at radius 3 is 2.67 bits per heavy atom. The Balaban J connectivity index is 2.54. The topological polar surface area (TPSA) is 41.6 Å². The zero-order chi connectivity index (χ0) is 15.9. The maximum absolute atomic E-state index is 12.1. The fourth-order valence-corrected chi connectivity index (χ4v) is 3.33. The van der Waals surface area contributed by atoms with Crippen LogP contribution in [0.5, 0.6) is 0 Å². The van der Waals surface area contributed by atoms with Crippen LogP contribution < -0.4 is 5.32 Å². The largest absolute Gasteiger partial charge is 0.468 e. The minimum atomic E-state index is -0.584. The van der Waals surface area contributed by atoms with Crippen LogP contribution in [0.3, 0.4) is 0 Å². The first-order valence-corrected chi connectivity index (χ1v) is 8.49. The lowest BCUT2D eigenvalue weighted by Gasteiger charge is -2.32. The van der Waals surface area contributed by atoms with Gasteiger partial charge in [-0.1, -0.05) is 13.3 Å². The van der Waals surface area contributed by atoms with Gasteiger partial charge in [0.25, 0.3) is 0 Å². The predicted octanol–water partition coefficient (Wildman–Crippen LogP) is 2.82. The summed E-state index contributed by atoms with van der Waals surface area (Å²) in [5.74, 6) is 0.730. The summed E-state index contributed by atoms with van der Waals surface area (Å²) >= 11 is 0. The lowest BCUT2D eigenvalue weighted by molar-refractivity contribution is -0.148. The summed E-state index contributed by atoms with van der Waals surface area (Å²) in [6, 6.07) is 0.266. The van der Waals surface area contributed by atoms with E-state index in [1.807, 2.05) is 6.92 Å². The molecule has 1 N–H and O–H groups in total. The van der Waals surface area contributed by atoms with Crippen LogP contribution >= 0.6 is 0 Å². The standard InChI is InChI=1S/C17H34N2O2/c1-6-15-8-7-11-19(12-9-15)13-10-17(4,16(20)21-5)18-14(2)3/h14-15,18H,6-13H2,1-5H3. The minimum Gasteiger partial charge on any atom is -0.468 e. The normalized spacial score (nSPS) is 23.6. The molecule has 0 amide bonds. The molecule has 4 nitrogen and oxygen atoms in total. The van der Waals surface area contributed by atoms with Crippen molar-refractivity contribution in [1.29, 1.82) is 0 Å². The van der Waals surface area contributed by atoms with Gasteiger partial charge in [-0.15, -0.1) is 0 Å². The predicted molar refractivity (Wildman–Crippen MR) is 87.4 cm³/mol. The van der Waals surface area contributed by atoms with E-state index in [-0.39, 0.29) is 12.0 Å². The first-order chi connectivity index (χ1) is 9.91. The first-order valence-electron chi connectivity index (χ1n) is 8.49. The molecule has 0 aromatic carbocycles. The van der Waals surface area contributed by atoms with Crippen molar-refractivity contribution in [2.75, 3.05) is 26.7 Å². The summed E-state index contributed by atoms with van der Waals surface area (Å²) in [5.41, 5.74) is -0.584. The molecule has 124 valence electrons. The lowest BCUT2D eigenvalue weighted by atomic mass is 9.96. The average molecular weight is 298 g/mol. The number of esters is 1. The Bertz CT molecular complexity index is 320. The highest BCUT2D eigenvalue weighted by molar-refractivity contribution is 5.80. The number of hydrogen-bond acceptors (Lipinski definition) is 4. The van der Waals surface area contributed by atoms with E-state index in [0.29, 0.717) is 0 Å². The summed E-state index contributed by atoms with van der Waals surface area (Å²) in [7, 11) is 1.47. The van der Waals surface area contributed by atoms with Gasteiger partial charge in [0.05, 0.1) is 7.11 Å². The molecule has 1 saturated heterocycles. The first kappa shape index (κ1) is 18.4. The van der Waals surface area contributed by atoms with Crippen LogP contribution in [0.25, 0.3) is 0 Å². The molecule has 1 heterocycles. The fraction of sp³-hybridized carbons (Fsp3) is 0.941. The van der Waals surface area contributed by atoms with E-state index in [4.69, 9.17) is 4.74 Å². The number of methoxy groups -OCH3 is 1. The highest BCUT2D eigenvalue weighted by Crippen LogP contribution is 2.21. The average Bonchev–Trinajstić information content (AvgIpc) is 2.68. The lowest BCUT2D eigenvalue weighted by Crippen LogP contribution is -2.54. The highest BCUT2D eigenvalue weighted by atomic mass is 16.5. The van der Waals surface area contributed by atoms with Crippen molar-refractivity contribution in [2.45, 2.75) is 71.4 Å². The smallest absolute Gasteiger partial charge is 0.325 e. The number of ether oxygens (including phenoxy) is 1. The van der Waals surface area contributed by atoms with Crippen molar-refractivity contribution in [3.63, 3.8) is 0 Å². The van der Waals surface area contributed by atoms with Crippen molar-refractivity contribution in [1.82, 2.24) is 10.2 Å². The number of carbonyl (C=O) groups is 1. The number of carbonyl (C=O) groups excluding carboxylic acids is 1. The van der Waals surface area contributed by atoms with E-state index in [1.54, 1.807) is 0 Å². The molecular formula is C17H34N2O2. The third-order valence-corrected chi connectivity index (χ3v) is 4.69. The molecule has 2 atom stereocenters. The monoisotopic (exact) mass is 298 g/mol. The number of likely N-dealkylation sites (tertiary alicyclic amines) is 1. The molecule has 0 aromatic rings. The van der Waals surface area contributed by atoms with Gasteiger partial charge >= 0.3 is 5.97 Å². The van der Waals surface area contributed by atoms with Crippen LogP contribution in [-0.2, 0) is 9.53 Å². The van der Waals surface area contributed by atoms with Gasteiger partial charge in [-0.05, 0) is 65.5 Å². The molecule has 4 heteroatoms. The van der Waals surface area contributed by atoms with Crippen LogP contribution in [-0.4, -0.2) is 49.2 Å². The Morgan fingerprint density at radius 2 is 2.10 bits per heavy atom. The van der Waals surface area contributed by atoms with Gasteiger partial charge in [0.1, 0.15) is 5.54 Å². The summed E-state index contributed by atoms with van der Waals surface area (Å²) in [5, 5.41) is 3.38. The van der Waals surface area contributed by atoms with Crippen LogP contribution in [0, 0.1) is 5.92 Å². The molecule has 0 radical (unpaired) electrons. The SMILES string of the molecule is CCC1CCCN(CCC(C)(NC(C)C)C(=O)OC)CC1. The molecule has 0 aromatic heterocycles. The molecule has 0 aliphatic carbocycles. The van der Waals surface area contributed by atoms with E-state index in [2.05, 4.69) is 31.0 Å². The maximum Gasteiger partial charge on any atom is 0.325 e. The second-order valence-corrected chi connectivity index (χ2v) is 6.92. The molecule has 0 spiro atoms. The van der Waals surface area contributed by atoms with Crippen molar-refractivity contribution in [2.24, 2.45) is 5.92 Å². The number of nitrogens with zero attached hydrogens (tertiary/aromatic N) is 1. The van der Waals surface area contributed by atoms with Crippen molar-refractivity contribution < 1.29 is 9.53 Å². The highest BCUT2D eigenvalue weighted by Gasteiger charge is 2.35. The van der Waals surface area contributed by atoms with Gasteiger partial charge in [-0.3, -0.25) is 10.1 Å². The Labute approximate surface area is 130 Å². The Morgan fingerprint density at radius 1 is 1.38 bits per heavy atom. The van der Waals surface area contributed by atoms with E-state index in [9.17, 15) is 4.79 Å². The summed E-state index contributed by atoms with van der Waals surface area (Å²) in [6.45, 7) is 11.7. The second-order valence-electron chi connectivity index (χ2n) is 6.92. The van der Waals surface area contributed by atoms with Gasteiger partial charge in [-0.2, -0.15) is 0 Å². The van der Waals surface area contributed by atoms with Gasteiger partial charge in [0.15, 0.2) is 0 Å². The van der Waals surface area contributed by atoms with E-state index >= 15 is 0 Å². The number of rotatable bonds is 7. The second kappa shape index (κ2) is 8.74. The van der Waals surface area contributed by atoms with E-state index < -0.39 is 5.54 Å². The van der Waals surface area contributed by atoms with Crippen molar-refractivity contribution in [3.05, 3.63) is 0 Å². The number of hydrogen-bond donors (Lipinski definition) is 1. The third-order valence-electron chi connectivity index (χ3n) is 4.69. The van der Waals surface area contributed by atoms with E-state index in [0.717, 1.165) is 32.0 Å². The summed E-state index contributed by atoms with van der Waals surface area (Å²) in [6.07, 6.45) is 6.02. The molecule has 0 saturated carbocycles. The molecule has 1 aliphatic rings. The van der Waals surface area contributed by atoms with Gasteiger partial charge in [0.2, 0.25) is 0 Å². The quantitative estimate of drug-likeness (QED) is 0.734. The van der Waals surface area contributed by atoms with Crippen molar-refractivity contribution in [3.8, 4) is 0 Å².